The van der Waals surface area contributed by atoms with Crippen LogP contribution in [0.25, 0.3) is 10.6 Å². The number of hydrogen-bond acceptors (Lipinski definition) is 7. The Bertz CT molecular complexity index is 1110. The summed E-state index contributed by atoms with van der Waals surface area (Å²) in [4.78, 5) is 28.7. The highest BCUT2D eigenvalue weighted by molar-refractivity contribution is 7.13. The monoisotopic (exact) mass is 455 g/mol. The molecule has 2 amide bonds. The molecule has 1 aromatic heterocycles. The molecule has 3 aromatic rings. The van der Waals surface area contributed by atoms with Crippen molar-refractivity contribution >= 4 is 23.2 Å². The molecule has 3 rings (SSSR count). The third-order valence-electron chi connectivity index (χ3n) is 4.57. The van der Waals surface area contributed by atoms with Crippen LogP contribution in [0.15, 0.2) is 41.8 Å². The van der Waals surface area contributed by atoms with Crippen LogP contribution in [0.5, 0.6) is 17.2 Å². The third-order valence-corrected chi connectivity index (χ3v) is 5.51. The fraction of sp³-hybridized carbons (Fsp3) is 0.261. The number of hydrazine groups is 1. The van der Waals surface area contributed by atoms with Gasteiger partial charge in [-0.3, -0.25) is 20.4 Å². The van der Waals surface area contributed by atoms with Crippen LogP contribution < -0.4 is 25.1 Å². The second kappa shape index (κ2) is 10.6. The Balaban J connectivity index is 1.50. The number of hydrogen-bond donors (Lipinski definition) is 2. The fourth-order valence-corrected chi connectivity index (χ4v) is 3.70. The first kappa shape index (κ1) is 23.1. The van der Waals surface area contributed by atoms with Gasteiger partial charge in [-0.05, 0) is 49.2 Å². The van der Waals surface area contributed by atoms with Gasteiger partial charge in [0.2, 0.25) is 5.91 Å². The van der Waals surface area contributed by atoms with Crippen LogP contribution in [0, 0.1) is 13.8 Å². The molecular formula is C23H25N3O5S. The third kappa shape index (κ3) is 5.98. The molecule has 0 unspecified atom stereocenters. The largest absolute Gasteiger partial charge is 0.493 e. The first-order valence-corrected chi connectivity index (χ1v) is 10.7. The summed E-state index contributed by atoms with van der Waals surface area (Å²) in [5, 5.41) is 2.55. The van der Waals surface area contributed by atoms with Gasteiger partial charge in [-0.25, -0.2) is 4.98 Å². The van der Waals surface area contributed by atoms with Gasteiger partial charge in [0.25, 0.3) is 5.91 Å². The molecule has 0 bridgehead atoms. The van der Waals surface area contributed by atoms with Crippen LogP contribution in [0.4, 0.5) is 0 Å². The van der Waals surface area contributed by atoms with Crippen LogP contribution in [0.1, 0.15) is 16.8 Å². The SMILES string of the molecule is COc1ccc(-c2nc(CC(=O)NNC(=O)COc3cc(C)ccc3C)cs2)cc1OC. The van der Waals surface area contributed by atoms with Crippen molar-refractivity contribution in [2.75, 3.05) is 20.8 Å². The van der Waals surface area contributed by atoms with Gasteiger partial charge in [-0.1, -0.05) is 12.1 Å². The van der Waals surface area contributed by atoms with Gasteiger partial charge in [0, 0.05) is 10.9 Å². The second-order valence-electron chi connectivity index (χ2n) is 7.04. The minimum atomic E-state index is -0.455. The number of thiazole rings is 1. The van der Waals surface area contributed by atoms with Crippen molar-refractivity contribution in [2.24, 2.45) is 0 Å². The van der Waals surface area contributed by atoms with E-state index in [1.165, 1.54) is 11.3 Å². The van der Waals surface area contributed by atoms with Crippen LogP contribution >= 0.6 is 11.3 Å². The number of carbonyl (C=O) groups excluding carboxylic acids is 2. The molecule has 0 atom stereocenters. The highest BCUT2D eigenvalue weighted by Crippen LogP contribution is 2.33. The number of aromatic nitrogens is 1. The van der Waals surface area contributed by atoms with Crippen LogP contribution in [0.3, 0.4) is 0 Å². The lowest BCUT2D eigenvalue weighted by Gasteiger charge is -2.10. The van der Waals surface area contributed by atoms with Crippen molar-refractivity contribution in [3.63, 3.8) is 0 Å². The zero-order valence-corrected chi connectivity index (χ0v) is 19.2. The Morgan fingerprint density at radius 1 is 0.938 bits per heavy atom. The van der Waals surface area contributed by atoms with Gasteiger partial charge in [0.1, 0.15) is 10.8 Å². The number of methoxy groups -OCH3 is 2. The molecule has 1 heterocycles. The molecule has 0 aliphatic heterocycles. The highest BCUT2D eigenvalue weighted by atomic mass is 32.1. The maximum atomic E-state index is 12.2. The molecule has 8 nitrogen and oxygen atoms in total. The van der Waals surface area contributed by atoms with Crippen molar-refractivity contribution in [1.82, 2.24) is 15.8 Å². The Labute approximate surface area is 190 Å². The normalized spacial score (nSPS) is 10.4. The molecule has 0 fully saturated rings. The average Bonchev–Trinajstić information content (AvgIpc) is 3.26. The van der Waals surface area contributed by atoms with Crippen LogP contribution in [-0.2, 0) is 16.0 Å². The molecule has 0 aliphatic carbocycles. The molecule has 0 radical (unpaired) electrons. The van der Waals surface area contributed by atoms with Gasteiger partial charge in [-0.2, -0.15) is 0 Å². The summed E-state index contributed by atoms with van der Waals surface area (Å²) >= 11 is 1.42. The van der Waals surface area contributed by atoms with E-state index < -0.39 is 5.91 Å². The molecular weight excluding hydrogens is 430 g/mol. The summed E-state index contributed by atoms with van der Waals surface area (Å²) in [5.41, 5.74) is 8.16. The number of rotatable bonds is 8. The van der Waals surface area contributed by atoms with E-state index in [-0.39, 0.29) is 18.9 Å². The van der Waals surface area contributed by atoms with E-state index in [0.717, 1.165) is 21.7 Å². The Hall–Kier alpha value is -3.59. The summed E-state index contributed by atoms with van der Waals surface area (Å²) in [6.07, 6.45) is 0.0297. The maximum absolute atomic E-state index is 12.2. The minimum absolute atomic E-state index is 0.0297. The summed E-state index contributed by atoms with van der Waals surface area (Å²) in [7, 11) is 3.15. The number of nitrogens with zero attached hydrogens (tertiary/aromatic N) is 1. The number of benzene rings is 2. The van der Waals surface area contributed by atoms with E-state index in [1.807, 2.05) is 44.2 Å². The molecule has 168 valence electrons. The Morgan fingerprint density at radius 2 is 1.69 bits per heavy atom. The van der Waals surface area contributed by atoms with E-state index in [2.05, 4.69) is 15.8 Å². The van der Waals surface area contributed by atoms with Gasteiger partial charge in [-0.15, -0.1) is 11.3 Å². The smallest absolute Gasteiger partial charge is 0.276 e. The minimum Gasteiger partial charge on any atom is -0.493 e. The number of nitrogens with one attached hydrogen (secondary N) is 2. The predicted molar refractivity (Wildman–Crippen MR) is 122 cm³/mol. The molecule has 0 spiro atoms. The molecule has 0 saturated heterocycles. The summed E-state index contributed by atoms with van der Waals surface area (Å²) < 4.78 is 16.1. The molecule has 0 saturated carbocycles. The van der Waals surface area contributed by atoms with E-state index in [9.17, 15) is 9.59 Å². The summed E-state index contributed by atoms with van der Waals surface area (Å²) in [6, 6.07) is 11.3. The quantitative estimate of drug-likeness (QED) is 0.506. The zero-order valence-electron chi connectivity index (χ0n) is 18.4. The number of amides is 2. The first-order chi connectivity index (χ1) is 15.4. The lowest BCUT2D eigenvalue weighted by atomic mass is 10.1. The summed E-state index contributed by atoms with van der Waals surface area (Å²) in [5.74, 6) is 1.03. The molecule has 9 heteroatoms. The van der Waals surface area contributed by atoms with Gasteiger partial charge >= 0.3 is 0 Å². The predicted octanol–water partition coefficient (Wildman–Crippen LogP) is 3.21. The van der Waals surface area contributed by atoms with E-state index in [1.54, 1.807) is 25.7 Å². The van der Waals surface area contributed by atoms with Crippen molar-refractivity contribution in [2.45, 2.75) is 20.3 Å². The molecule has 2 N–H and O–H groups in total. The number of aryl methyl sites for hydroxylation is 2. The van der Waals surface area contributed by atoms with Crippen LogP contribution in [0.2, 0.25) is 0 Å². The van der Waals surface area contributed by atoms with Crippen LogP contribution in [-0.4, -0.2) is 37.6 Å². The topological polar surface area (TPSA) is 98.8 Å². The van der Waals surface area contributed by atoms with Gasteiger partial charge in [0.15, 0.2) is 18.1 Å². The zero-order chi connectivity index (χ0) is 23.1. The average molecular weight is 456 g/mol. The van der Waals surface area contributed by atoms with Gasteiger partial charge in [0.05, 0.1) is 26.3 Å². The number of ether oxygens (including phenoxy) is 3. The summed E-state index contributed by atoms with van der Waals surface area (Å²) in [6.45, 7) is 3.64. The lowest BCUT2D eigenvalue weighted by molar-refractivity contribution is -0.129. The van der Waals surface area contributed by atoms with Crippen molar-refractivity contribution in [1.29, 1.82) is 0 Å². The van der Waals surface area contributed by atoms with E-state index in [4.69, 9.17) is 14.2 Å². The fourth-order valence-electron chi connectivity index (χ4n) is 2.88. The molecule has 0 aliphatic rings. The van der Waals surface area contributed by atoms with Crippen molar-refractivity contribution in [3.05, 3.63) is 58.6 Å². The molecule has 2 aromatic carbocycles. The van der Waals surface area contributed by atoms with E-state index in [0.29, 0.717) is 22.9 Å². The van der Waals surface area contributed by atoms with E-state index >= 15 is 0 Å². The standard InChI is InChI=1S/C23H25N3O5S/c1-14-5-6-15(2)19(9-14)31-12-22(28)26-25-21(27)11-17-13-32-23(24-17)16-7-8-18(29-3)20(10-16)30-4/h5-10,13H,11-12H2,1-4H3,(H,25,27)(H,26,28). The first-order valence-electron chi connectivity index (χ1n) is 9.84. The lowest BCUT2D eigenvalue weighted by Crippen LogP contribution is -2.44. The Morgan fingerprint density at radius 3 is 2.44 bits per heavy atom. The molecule has 32 heavy (non-hydrogen) atoms. The van der Waals surface area contributed by atoms with Gasteiger partial charge < -0.3 is 14.2 Å². The van der Waals surface area contributed by atoms with Crippen molar-refractivity contribution < 1.29 is 23.8 Å². The van der Waals surface area contributed by atoms with Crippen molar-refractivity contribution in [3.8, 4) is 27.8 Å². The number of carbonyl (C=O) groups is 2. The Kier molecular flexibility index (Phi) is 7.67. The maximum Gasteiger partial charge on any atom is 0.276 e. The highest BCUT2D eigenvalue weighted by Gasteiger charge is 2.13. The second-order valence-corrected chi connectivity index (χ2v) is 7.90.